The number of benzene rings is 1. The van der Waals surface area contributed by atoms with Crippen molar-refractivity contribution >= 4 is 40.2 Å². The molecule has 1 aromatic heterocycles. The lowest BCUT2D eigenvalue weighted by molar-refractivity contribution is -0.123. The number of imide groups is 1. The van der Waals surface area contributed by atoms with Crippen LogP contribution in [0, 0.1) is 12.3 Å². The number of anilines is 1. The largest absolute Gasteiger partial charge is 0.451 e. The van der Waals surface area contributed by atoms with Crippen molar-refractivity contribution in [1.29, 1.82) is 0 Å². The van der Waals surface area contributed by atoms with E-state index in [0.29, 0.717) is 10.6 Å². The van der Waals surface area contributed by atoms with E-state index in [1.165, 1.54) is 0 Å². The van der Waals surface area contributed by atoms with Crippen LogP contribution in [0.25, 0.3) is 0 Å². The second-order valence-electron chi connectivity index (χ2n) is 7.62. The molecule has 0 radical (unpaired) electrons. The first-order valence-electron chi connectivity index (χ1n) is 9.27. The first kappa shape index (κ1) is 23.1. The normalized spacial score (nSPS) is 10.8. The Balaban J connectivity index is 1.81. The standard InChI is InChI=1S/C21H25N3O5S/c1-13-10-16(24-19(27)21(2,3)4)30-17(13)18(26)29-12-15(25)23-20(28)22-11-14-8-6-5-7-9-14/h5-10H,11-12H2,1-4H3,(H,24,27)(H2,22,23,25,28). The fourth-order valence-corrected chi connectivity index (χ4v) is 3.19. The van der Waals surface area contributed by atoms with E-state index < -0.39 is 29.9 Å². The van der Waals surface area contributed by atoms with Gasteiger partial charge in [0.1, 0.15) is 4.88 Å². The fraction of sp³-hybridized carbons (Fsp3) is 0.333. The molecule has 3 N–H and O–H groups in total. The first-order chi connectivity index (χ1) is 14.1. The lowest BCUT2D eigenvalue weighted by Gasteiger charge is -2.16. The average molecular weight is 432 g/mol. The molecule has 1 aromatic carbocycles. The minimum atomic E-state index is -0.746. The van der Waals surface area contributed by atoms with E-state index in [-0.39, 0.29) is 17.3 Å². The summed E-state index contributed by atoms with van der Waals surface area (Å²) in [6, 6.07) is 10.2. The number of carbonyl (C=O) groups is 4. The molecule has 0 atom stereocenters. The Labute approximate surface area is 179 Å². The van der Waals surface area contributed by atoms with Crippen LogP contribution in [0.3, 0.4) is 0 Å². The molecule has 8 nitrogen and oxygen atoms in total. The molecule has 2 aromatic rings. The van der Waals surface area contributed by atoms with Crippen LogP contribution in [0.1, 0.15) is 41.6 Å². The van der Waals surface area contributed by atoms with Gasteiger partial charge >= 0.3 is 12.0 Å². The molecular weight excluding hydrogens is 406 g/mol. The molecule has 0 bridgehead atoms. The Morgan fingerprint density at radius 2 is 1.73 bits per heavy atom. The van der Waals surface area contributed by atoms with Crippen LogP contribution < -0.4 is 16.0 Å². The molecule has 0 saturated carbocycles. The molecule has 30 heavy (non-hydrogen) atoms. The third kappa shape index (κ3) is 7.00. The van der Waals surface area contributed by atoms with E-state index >= 15 is 0 Å². The second kappa shape index (κ2) is 10.0. The van der Waals surface area contributed by atoms with Crippen LogP contribution in [0.4, 0.5) is 9.80 Å². The zero-order valence-electron chi connectivity index (χ0n) is 17.3. The molecule has 160 valence electrons. The number of esters is 1. The van der Waals surface area contributed by atoms with Crippen molar-refractivity contribution in [2.75, 3.05) is 11.9 Å². The lowest BCUT2D eigenvalue weighted by atomic mass is 9.96. The summed E-state index contributed by atoms with van der Waals surface area (Å²) in [7, 11) is 0. The molecule has 0 spiro atoms. The van der Waals surface area contributed by atoms with Crippen LogP contribution in [0.15, 0.2) is 36.4 Å². The van der Waals surface area contributed by atoms with Crippen molar-refractivity contribution in [2.24, 2.45) is 5.41 Å². The van der Waals surface area contributed by atoms with Crippen molar-refractivity contribution in [3.63, 3.8) is 0 Å². The number of urea groups is 1. The van der Waals surface area contributed by atoms with Gasteiger partial charge in [-0.25, -0.2) is 9.59 Å². The quantitative estimate of drug-likeness (QED) is 0.608. The summed E-state index contributed by atoms with van der Waals surface area (Å²) in [5, 5.41) is 7.92. The minimum Gasteiger partial charge on any atom is -0.451 e. The van der Waals surface area contributed by atoms with Crippen molar-refractivity contribution < 1.29 is 23.9 Å². The molecule has 0 unspecified atom stereocenters. The molecule has 0 aliphatic carbocycles. The minimum absolute atomic E-state index is 0.176. The number of nitrogens with one attached hydrogen (secondary N) is 3. The van der Waals surface area contributed by atoms with Crippen LogP contribution in [0.5, 0.6) is 0 Å². The highest BCUT2D eigenvalue weighted by Gasteiger charge is 2.23. The number of hydrogen-bond acceptors (Lipinski definition) is 6. The van der Waals surface area contributed by atoms with E-state index in [1.807, 2.05) is 30.3 Å². The highest BCUT2D eigenvalue weighted by molar-refractivity contribution is 7.18. The third-order valence-electron chi connectivity index (χ3n) is 3.90. The van der Waals surface area contributed by atoms with Gasteiger partial charge in [-0.15, -0.1) is 11.3 Å². The summed E-state index contributed by atoms with van der Waals surface area (Å²) in [6.45, 7) is 6.72. The predicted molar refractivity (Wildman–Crippen MR) is 114 cm³/mol. The van der Waals surface area contributed by atoms with Crippen molar-refractivity contribution in [2.45, 2.75) is 34.2 Å². The molecule has 4 amide bonds. The van der Waals surface area contributed by atoms with Crippen molar-refractivity contribution in [3.05, 3.63) is 52.4 Å². The molecule has 0 saturated heterocycles. The average Bonchev–Trinajstić information content (AvgIpc) is 3.04. The summed E-state index contributed by atoms with van der Waals surface area (Å²) < 4.78 is 4.99. The van der Waals surface area contributed by atoms with E-state index in [0.717, 1.165) is 16.9 Å². The molecule has 9 heteroatoms. The lowest BCUT2D eigenvalue weighted by Crippen LogP contribution is -2.41. The van der Waals surface area contributed by atoms with Gasteiger partial charge in [0.2, 0.25) is 5.91 Å². The number of thiophene rings is 1. The Kier molecular flexibility index (Phi) is 7.71. The van der Waals surface area contributed by atoms with Gasteiger partial charge in [0.05, 0.1) is 5.00 Å². The predicted octanol–water partition coefficient (Wildman–Crippen LogP) is 3.22. The highest BCUT2D eigenvalue weighted by Crippen LogP contribution is 2.29. The monoisotopic (exact) mass is 431 g/mol. The van der Waals surface area contributed by atoms with Crippen LogP contribution in [-0.2, 0) is 20.9 Å². The van der Waals surface area contributed by atoms with Gasteiger partial charge in [-0.05, 0) is 24.1 Å². The Hall–Kier alpha value is -3.20. The number of ether oxygens (including phenoxy) is 1. The van der Waals surface area contributed by atoms with Gasteiger partial charge in [-0.3, -0.25) is 14.9 Å². The molecule has 2 rings (SSSR count). The van der Waals surface area contributed by atoms with Gasteiger partial charge < -0.3 is 15.4 Å². The molecule has 0 fully saturated rings. The Morgan fingerprint density at radius 1 is 1.07 bits per heavy atom. The topological polar surface area (TPSA) is 114 Å². The van der Waals surface area contributed by atoms with E-state index in [2.05, 4.69) is 16.0 Å². The first-order valence-corrected chi connectivity index (χ1v) is 10.1. The summed E-state index contributed by atoms with van der Waals surface area (Å²) in [5.41, 5.74) is 0.932. The van der Waals surface area contributed by atoms with E-state index in [9.17, 15) is 19.2 Å². The van der Waals surface area contributed by atoms with Crippen LogP contribution in [-0.4, -0.2) is 30.4 Å². The zero-order valence-corrected chi connectivity index (χ0v) is 18.1. The van der Waals surface area contributed by atoms with Gasteiger partial charge in [0.25, 0.3) is 5.91 Å². The van der Waals surface area contributed by atoms with Gasteiger partial charge in [0, 0.05) is 12.0 Å². The van der Waals surface area contributed by atoms with Gasteiger partial charge in [-0.2, -0.15) is 0 Å². The maximum atomic E-state index is 12.3. The van der Waals surface area contributed by atoms with Gasteiger partial charge in [-0.1, -0.05) is 51.1 Å². The van der Waals surface area contributed by atoms with E-state index in [4.69, 9.17) is 4.74 Å². The number of amides is 4. The third-order valence-corrected chi connectivity index (χ3v) is 5.04. The van der Waals surface area contributed by atoms with Gasteiger partial charge in [0.15, 0.2) is 6.61 Å². The van der Waals surface area contributed by atoms with Crippen LogP contribution >= 0.6 is 11.3 Å². The van der Waals surface area contributed by atoms with Crippen molar-refractivity contribution in [3.8, 4) is 0 Å². The Morgan fingerprint density at radius 3 is 2.37 bits per heavy atom. The SMILES string of the molecule is Cc1cc(NC(=O)C(C)(C)C)sc1C(=O)OCC(=O)NC(=O)NCc1ccccc1. The maximum absolute atomic E-state index is 12.3. The summed E-state index contributed by atoms with van der Waals surface area (Å²) in [5.74, 6) is -1.62. The molecule has 0 aliphatic heterocycles. The second-order valence-corrected chi connectivity index (χ2v) is 8.67. The van der Waals surface area contributed by atoms with E-state index in [1.54, 1.807) is 33.8 Å². The Bertz CT molecular complexity index is 932. The smallest absolute Gasteiger partial charge is 0.349 e. The summed E-state index contributed by atoms with van der Waals surface area (Å²) >= 11 is 1.07. The number of aryl methyl sites for hydroxylation is 1. The zero-order chi connectivity index (χ0) is 22.3. The fourth-order valence-electron chi connectivity index (χ4n) is 2.23. The maximum Gasteiger partial charge on any atom is 0.349 e. The molecular formula is C21H25N3O5S. The molecule has 0 aliphatic rings. The van der Waals surface area contributed by atoms with Crippen LogP contribution in [0.2, 0.25) is 0 Å². The van der Waals surface area contributed by atoms with Crippen molar-refractivity contribution in [1.82, 2.24) is 10.6 Å². The number of hydrogen-bond donors (Lipinski definition) is 3. The molecule has 1 heterocycles. The highest BCUT2D eigenvalue weighted by atomic mass is 32.1. The summed E-state index contributed by atoms with van der Waals surface area (Å²) in [4.78, 5) is 48.2. The number of carbonyl (C=O) groups excluding carboxylic acids is 4. The number of rotatable bonds is 6. The summed E-state index contributed by atoms with van der Waals surface area (Å²) in [6.07, 6.45) is 0.